The second kappa shape index (κ2) is 9.41. The number of aromatic nitrogens is 1. The van der Waals surface area contributed by atoms with Gasteiger partial charge in [0.05, 0.1) is 18.7 Å². The molecule has 0 bridgehead atoms. The largest absolute Gasteiger partial charge is 0.494 e. The third-order valence-corrected chi connectivity index (χ3v) is 3.34. The Hall–Kier alpha value is -3.09. The van der Waals surface area contributed by atoms with Gasteiger partial charge in [-0.1, -0.05) is 0 Å². The van der Waals surface area contributed by atoms with Gasteiger partial charge in [-0.2, -0.15) is 0 Å². The maximum absolute atomic E-state index is 12.3. The molecule has 2 rings (SSSR count). The van der Waals surface area contributed by atoms with Gasteiger partial charge in [-0.05, 0) is 57.2 Å². The summed E-state index contributed by atoms with van der Waals surface area (Å²) in [4.78, 5) is 28.5. The van der Waals surface area contributed by atoms with Crippen LogP contribution < -0.4 is 20.7 Å². The fourth-order valence-electron chi connectivity index (χ4n) is 2.24. The number of hydrogen-bond acceptors (Lipinski definition) is 5. The van der Waals surface area contributed by atoms with Crippen LogP contribution in [0.3, 0.4) is 0 Å². The molecule has 0 unspecified atom stereocenters. The van der Waals surface area contributed by atoms with E-state index < -0.39 is 0 Å². The lowest BCUT2D eigenvalue weighted by atomic mass is 10.2. The minimum atomic E-state index is -0.358. The van der Waals surface area contributed by atoms with E-state index in [1.165, 1.54) is 0 Å². The molecule has 0 aliphatic rings. The van der Waals surface area contributed by atoms with Crippen LogP contribution in [0.2, 0.25) is 0 Å². The smallest absolute Gasteiger partial charge is 0.255 e. The Kier molecular flexibility index (Phi) is 6.96. The van der Waals surface area contributed by atoms with Crippen LogP contribution in [-0.2, 0) is 4.79 Å². The average molecular weight is 356 g/mol. The van der Waals surface area contributed by atoms with E-state index in [0.717, 1.165) is 5.75 Å². The van der Waals surface area contributed by atoms with Gasteiger partial charge in [0.2, 0.25) is 5.91 Å². The Morgan fingerprint density at radius 1 is 1.15 bits per heavy atom. The molecule has 0 saturated heterocycles. The number of nitrogens with zero attached hydrogens (tertiary/aromatic N) is 1. The summed E-state index contributed by atoms with van der Waals surface area (Å²) in [6, 6.07) is 10.5. The normalized spacial score (nSPS) is 10.3. The van der Waals surface area contributed by atoms with Gasteiger partial charge in [0.25, 0.3) is 5.91 Å². The monoisotopic (exact) mass is 356 g/mol. The van der Waals surface area contributed by atoms with Gasteiger partial charge >= 0.3 is 0 Å². The molecule has 0 aliphatic carbocycles. The highest BCUT2D eigenvalue weighted by Gasteiger charge is 2.14. The molecule has 0 atom stereocenters. The standard InChI is InChI=1S/C19H24N4O3/c1-4-26-15-9-7-14(8-10-15)23-17(24)12-21-19(25)16-6-5-11-20-18(16)22-13(2)3/h5-11,13H,4,12H2,1-3H3,(H,20,22)(H,21,25)(H,23,24). The van der Waals surface area contributed by atoms with Crippen molar-refractivity contribution in [2.75, 3.05) is 23.8 Å². The van der Waals surface area contributed by atoms with Crippen LogP contribution in [0, 0.1) is 0 Å². The lowest BCUT2D eigenvalue weighted by Crippen LogP contribution is -2.33. The first kappa shape index (κ1) is 19.2. The van der Waals surface area contributed by atoms with E-state index in [1.54, 1.807) is 42.6 Å². The van der Waals surface area contributed by atoms with E-state index in [9.17, 15) is 9.59 Å². The lowest BCUT2D eigenvalue weighted by molar-refractivity contribution is -0.115. The van der Waals surface area contributed by atoms with Gasteiger partial charge in [0, 0.05) is 17.9 Å². The van der Waals surface area contributed by atoms with Crippen molar-refractivity contribution >= 4 is 23.3 Å². The molecule has 138 valence electrons. The number of carbonyl (C=O) groups is 2. The van der Waals surface area contributed by atoms with E-state index in [1.807, 2.05) is 20.8 Å². The highest BCUT2D eigenvalue weighted by atomic mass is 16.5. The van der Waals surface area contributed by atoms with Gasteiger partial charge < -0.3 is 20.7 Å². The van der Waals surface area contributed by atoms with Gasteiger partial charge in [0.15, 0.2) is 0 Å². The lowest BCUT2D eigenvalue weighted by Gasteiger charge is -2.13. The summed E-state index contributed by atoms with van der Waals surface area (Å²) in [5, 5.41) is 8.45. The van der Waals surface area contributed by atoms with E-state index in [0.29, 0.717) is 23.7 Å². The number of ether oxygens (including phenoxy) is 1. The first-order chi connectivity index (χ1) is 12.5. The number of nitrogens with one attached hydrogen (secondary N) is 3. The second-order valence-corrected chi connectivity index (χ2v) is 5.89. The van der Waals surface area contributed by atoms with Crippen LogP contribution >= 0.6 is 0 Å². The first-order valence-corrected chi connectivity index (χ1v) is 8.52. The third kappa shape index (κ3) is 5.77. The highest BCUT2D eigenvalue weighted by molar-refractivity contribution is 6.02. The fourth-order valence-corrected chi connectivity index (χ4v) is 2.24. The van der Waals surface area contributed by atoms with Crippen molar-refractivity contribution in [3.63, 3.8) is 0 Å². The number of anilines is 2. The zero-order valence-electron chi connectivity index (χ0n) is 15.2. The maximum atomic E-state index is 12.3. The first-order valence-electron chi connectivity index (χ1n) is 8.52. The van der Waals surface area contributed by atoms with Crippen molar-refractivity contribution in [1.82, 2.24) is 10.3 Å². The summed E-state index contributed by atoms with van der Waals surface area (Å²) in [6.45, 7) is 6.27. The Bertz CT molecular complexity index is 745. The molecular formula is C19H24N4O3. The van der Waals surface area contributed by atoms with Gasteiger partial charge in [0.1, 0.15) is 11.6 Å². The van der Waals surface area contributed by atoms with Crippen LogP contribution in [0.5, 0.6) is 5.75 Å². The number of benzene rings is 1. The van der Waals surface area contributed by atoms with Crippen molar-refractivity contribution in [2.45, 2.75) is 26.8 Å². The zero-order valence-corrected chi connectivity index (χ0v) is 15.2. The Labute approximate surface area is 153 Å². The molecule has 0 fully saturated rings. The number of rotatable bonds is 8. The average Bonchev–Trinajstić information content (AvgIpc) is 2.61. The maximum Gasteiger partial charge on any atom is 0.255 e. The molecule has 7 heteroatoms. The molecule has 26 heavy (non-hydrogen) atoms. The molecule has 3 N–H and O–H groups in total. The molecule has 2 aromatic rings. The molecule has 1 aromatic heterocycles. The van der Waals surface area contributed by atoms with E-state index in [4.69, 9.17) is 4.74 Å². The number of pyridine rings is 1. The summed E-state index contributed by atoms with van der Waals surface area (Å²) >= 11 is 0. The van der Waals surface area contributed by atoms with Crippen molar-refractivity contribution in [3.8, 4) is 5.75 Å². The predicted molar refractivity (Wildman–Crippen MR) is 102 cm³/mol. The Morgan fingerprint density at radius 2 is 1.88 bits per heavy atom. The molecule has 0 spiro atoms. The molecule has 1 heterocycles. The number of amides is 2. The van der Waals surface area contributed by atoms with Crippen LogP contribution in [0.4, 0.5) is 11.5 Å². The summed E-state index contributed by atoms with van der Waals surface area (Å²) < 4.78 is 5.35. The highest BCUT2D eigenvalue weighted by Crippen LogP contribution is 2.15. The second-order valence-electron chi connectivity index (χ2n) is 5.89. The summed E-state index contributed by atoms with van der Waals surface area (Å²) in [7, 11) is 0. The molecule has 7 nitrogen and oxygen atoms in total. The molecule has 0 radical (unpaired) electrons. The van der Waals surface area contributed by atoms with Crippen LogP contribution in [-0.4, -0.2) is 36.0 Å². The van der Waals surface area contributed by atoms with Crippen molar-refractivity contribution in [2.24, 2.45) is 0 Å². The quantitative estimate of drug-likeness (QED) is 0.676. The summed E-state index contributed by atoms with van der Waals surface area (Å²) in [6.07, 6.45) is 1.61. The number of carbonyl (C=O) groups excluding carboxylic acids is 2. The van der Waals surface area contributed by atoms with Crippen molar-refractivity contribution in [3.05, 3.63) is 48.2 Å². The minimum absolute atomic E-state index is 0.137. The van der Waals surface area contributed by atoms with E-state index in [-0.39, 0.29) is 24.4 Å². The Balaban J connectivity index is 1.90. The molecular weight excluding hydrogens is 332 g/mol. The number of hydrogen-bond donors (Lipinski definition) is 3. The predicted octanol–water partition coefficient (Wildman–Crippen LogP) is 2.67. The minimum Gasteiger partial charge on any atom is -0.494 e. The Morgan fingerprint density at radius 3 is 2.54 bits per heavy atom. The van der Waals surface area contributed by atoms with Crippen LogP contribution in [0.1, 0.15) is 31.1 Å². The van der Waals surface area contributed by atoms with E-state index >= 15 is 0 Å². The molecule has 0 saturated carbocycles. The van der Waals surface area contributed by atoms with E-state index in [2.05, 4.69) is 20.9 Å². The van der Waals surface area contributed by atoms with Gasteiger partial charge in [-0.3, -0.25) is 9.59 Å². The molecule has 0 aliphatic heterocycles. The van der Waals surface area contributed by atoms with Crippen LogP contribution in [0.25, 0.3) is 0 Å². The molecule has 2 amide bonds. The van der Waals surface area contributed by atoms with Crippen molar-refractivity contribution in [1.29, 1.82) is 0 Å². The van der Waals surface area contributed by atoms with Crippen LogP contribution in [0.15, 0.2) is 42.6 Å². The topological polar surface area (TPSA) is 92.4 Å². The van der Waals surface area contributed by atoms with Crippen molar-refractivity contribution < 1.29 is 14.3 Å². The summed E-state index contributed by atoms with van der Waals surface area (Å²) in [5.74, 6) is 0.556. The van der Waals surface area contributed by atoms with Gasteiger partial charge in [-0.15, -0.1) is 0 Å². The summed E-state index contributed by atoms with van der Waals surface area (Å²) in [5.41, 5.74) is 1.03. The zero-order chi connectivity index (χ0) is 18.9. The molecule has 1 aromatic carbocycles. The third-order valence-electron chi connectivity index (χ3n) is 3.34. The fraction of sp³-hybridized carbons (Fsp3) is 0.316. The SMILES string of the molecule is CCOc1ccc(NC(=O)CNC(=O)c2cccnc2NC(C)C)cc1. The van der Waals surface area contributed by atoms with Gasteiger partial charge in [-0.25, -0.2) is 4.98 Å².